The zero-order valence-corrected chi connectivity index (χ0v) is 16.6. The number of carbonyl (C=O) groups excluding carboxylic acids is 1. The fraction of sp³-hybridized carbons (Fsp3) is 0.143. The zero-order chi connectivity index (χ0) is 18.8. The van der Waals surface area contributed by atoms with E-state index in [4.69, 9.17) is 9.40 Å². The molecule has 4 nitrogen and oxygen atoms in total. The normalized spacial score (nSPS) is 11.0. The molecule has 27 heavy (non-hydrogen) atoms. The first-order valence-electron chi connectivity index (χ1n) is 8.50. The lowest BCUT2D eigenvalue weighted by Crippen LogP contribution is -2.30. The Morgan fingerprint density at radius 2 is 2.04 bits per heavy atom. The van der Waals surface area contributed by atoms with Crippen LogP contribution in [0.3, 0.4) is 0 Å². The van der Waals surface area contributed by atoms with Gasteiger partial charge in [0.15, 0.2) is 5.13 Å². The van der Waals surface area contributed by atoms with Gasteiger partial charge in [-0.15, -0.1) is 11.8 Å². The lowest BCUT2D eigenvalue weighted by atomic mass is 10.2. The Balaban J connectivity index is 1.79. The first-order valence-corrected chi connectivity index (χ1v) is 10.5. The molecule has 0 unspecified atom stereocenters. The minimum atomic E-state index is -0.0767. The summed E-state index contributed by atoms with van der Waals surface area (Å²) in [7, 11) is 0. The molecular formula is C21H18N2O2S2. The topological polar surface area (TPSA) is 46.3 Å². The molecule has 2 heterocycles. The van der Waals surface area contributed by atoms with Gasteiger partial charge in [-0.3, -0.25) is 9.69 Å². The summed E-state index contributed by atoms with van der Waals surface area (Å²) in [5, 5.41) is 0.674. The standard InChI is InChI=1S/C21H18N2O2S2/c1-14-9-10-17-19(12-14)27-21(22-17)23(13-15-6-5-11-25-15)20(24)16-7-3-4-8-18(16)26-2/h3-12H,13H2,1-2H3. The number of hydrogen-bond donors (Lipinski definition) is 0. The summed E-state index contributed by atoms with van der Waals surface area (Å²) in [5.74, 6) is 0.646. The van der Waals surface area contributed by atoms with Gasteiger partial charge in [0, 0.05) is 4.90 Å². The van der Waals surface area contributed by atoms with Gasteiger partial charge in [0.1, 0.15) is 5.76 Å². The monoisotopic (exact) mass is 394 g/mol. The van der Waals surface area contributed by atoms with Crippen LogP contribution in [-0.2, 0) is 6.54 Å². The molecule has 1 amide bonds. The number of thiazole rings is 1. The Kier molecular flexibility index (Phi) is 5.01. The summed E-state index contributed by atoms with van der Waals surface area (Å²) in [6, 6.07) is 17.5. The van der Waals surface area contributed by atoms with Crippen molar-refractivity contribution >= 4 is 44.4 Å². The number of aryl methyl sites for hydroxylation is 1. The average molecular weight is 395 g/mol. The highest BCUT2D eigenvalue weighted by Crippen LogP contribution is 2.32. The zero-order valence-electron chi connectivity index (χ0n) is 15.0. The molecule has 0 aliphatic heterocycles. The van der Waals surface area contributed by atoms with Crippen LogP contribution in [0, 0.1) is 6.92 Å². The van der Waals surface area contributed by atoms with Crippen LogP contribution in [0.4, 0.5) is 5.13 Å². The summed E-state index contributed by atoms with van der Waals surface area (Å²) in [6.45, 7) is 2.40. The minimum absolute atomic E-state index is 0.0767. The van der Waals surface area contributed by atoms with E-state index in [9.17, 15) is 4.79 Å². The van der Waals surface area contributed by atoms with Gasteiger partial charge >= 0.3 is 0 Å². The van der Waals surface area contributed by atoms with Crippen LogP contribution < -0.4 is 4.90 Å². The van der Waals surface area contributed by atoms with E-state index in [1.54, 1.807) is 22.9 Å². The Morgan fingerprint density at radius 3 is 2.81 bits per heavy atom. The third-order valence-electron chi connectivity index (χ3n) is 4.24. The van der Waals surface area contributed by atoms with E-state index in [1.807, 2.05) is 54.8 Å². The van der Waals surface area contributed by atoms with E-state index >= 15 is 0 Å². The molecule has 4 rings (SSSR count). The predicted octanol–water partition coefficient (Wildman–Crippen LogP) is 5.77. The predicted molar refractivity (Wildman–Crippen MR) is 112 cm³/mol. The number of hydrogen-bond acceptors (Lipinski definition) is 5. The van der Waals surface area contributed by atoms with E-state index in [-0.39, 0.29) is 5.91 Å². The molecule has 0 atom stereocenters. The third kappa shape index (κ3) is 3.63. The summed E-state index contributed by atoms with van der Waals surface area (Å²) in [4.78, 5) is 20.8. The number of benzene rings is 2. The highest BCUT2D eigenvalue weighted by atomic mass is 32.2. The second-order valence-electron chi connectivity index (χ2n) is 6.14. The first kappa shape index (κ1) is 17.8. The van der Waals surface area contributed by atoms with E-state index in [0.29, 0.717) is 17.2 Å². The van der Waals surface area contributed by atoms with E-state index in [2.05, 4.69) is 13.0 Å². The second kappa shape index (κ2) is 7.58. The van der Waals surface area contributed by atoms with Crippen LogP contribution in [0.25, 0.3) is 10.2 Å². The van der Waals surface area contributed by atoms with Crippen LogP contribution in [0.1, 0.15) is 21.7 Å². The maximum Gasteiger partial charge on any atom is 0.261 e. The van der Waals surface area contributed by atoms with Crippen molar-refractivity contribution in [2.75, 3.05) is 11.2 Å². The van der Waals surface area contributed by atoms with E-state index in [0.717, 1.165) is 20.9 Å². The van der Waals surface area contributed by atoms with Crippen molar-refractivity contribution in [1.82, 2.24) is 4.98 Å². The Morgan fingerprint density at radius 1 is 1.19 bits per heavy atom. The second-order valence-corrected chi connectivity index (χ2v) is 8.00. The van der Waals surface area contributed by atoms with Crippen molar-refractivity contribution in [3.8, 4) is 0 Å². The molecule has 2 aromatic carbocycles. The number of furan rings is 1. The van der Waals surface area contributed by atoms with Crippen LogP contribution >= 0.6 is 23.1 Å². The smallest absolute Gasteiger partial charge is 0.261 e. The summed E-state index contributed by atoms with van der Waals surface area (Å²) in [5.41, 5.74) is 2.75. The fourth-order valence-electron chi connectivity index (χ4n) is 2.89. The summed E-state index contributed by atoms with van der Waals surface area (Å²) >= 11 is 3.09. The SMILES string of the molecule is CSc1ccccc1C(=O)N(Cc1ccco1)c1nc2ccc(C)cc2s1. The number of fused-ring (bicyclic) bond motifs is 1. The lowest BCUT2D eigenvalue weighted by Gasteiger charge is -2.20. The lowest BCUT2D eigenvalue weighted by molar-refractivity contribution is 0.0980. The molecule has 0 bridgehead atoms. The van der Waals surface area contributed by atoms with Crippen LogP contribution in [0.5, 0.6) is 0 Å². The number of carbonyl (C=O) groups is 1. The van der Waals surface area contributed by atoms with Gasteiger partial charge in [0.05, 0.1) is 28.6 Å². The van der Waals surface area contributed by atoms with Gasteiger partial charge in [-0.1, -0.05) is 29.5 Å². The molecule has 2 aromatic heterocycles. The number of amides is 1. The van der Waals surface area contributed by atoms with Gasteiger partial charge in [0.25, 0.3) is 5.91 Å². The van der Waals surface area contributed by atoms with Crippen LogP contribution in [0.2, 0.25) is 0 Å². The van der Waals surface area contributed by atoms with Crippen molar-refractivity contribution in [1.29, 1.82) is 0 Å². The molecule has 136 valence electrons. The summed E-state index contributed by atoms with van der Waals surface area (Å²) < 4.78 is 6.57. The Bertz CT molecular complexity index is 1090. The van der Waals surface area contributed by atoms with E-state index in [1.165, 1.54) is 16.9 Å². The van der Waals surface area contributed by atoms with Gasteiger partial charge < -0.3 is 4.42 Å². The quantitative estimate of drug-likeness (QED) is 0.403. The molecule has 0 aliphatic carbocycles. The highest BCUT2D eigenvalue weighted by molar-refractivity contribution is 7.98. The fourth-order valence-corrected chi connectivity index (χ4v) is 4.54. The minimum Gasteiger partial charge on any atom is -0.467 e. The molecule has 4 aromatic rings. The Hall–Kier alpha value is -2.57. The largest absolute Gasteiger partial charge is 0.467 e. The maximum absolute atomic E-state index is 13.4. The van der Waals surface area contributed by atoms with Gasteiger partial charge in [-0.25, -0.2) is 4.98 Å². The molecule has 0 N–H and O–H groups in total. The molecule has 0 fully saturated rings. The number of anilines is 1. The Labute approximate surface area is 165 Å². The summed E-state index contributed by atoms with van der Waals surface area (Å²) in [6.07, 6.45) is 3.60. The number of thioether (sulfide) groups is 1. The molecular weight excluding hydrogens is 376 g/mol. The average Bonchev–Trinajstić information content (AvgIpc) is 3.34. The van der Waals surface area contributed by atoms with Crippen molar-refractivity contribution in [3.63, 3.8) is 0 Å². The van der Waals surface area contributed by atoms with Crippen LogP contribution in [-0.4, -0.2) is 17.1 Å². The maximum atomic E-state index is 13.4. The first-order chi connectivity index (χ1) is 13.2. The third-order valence-corrected chi connectivity index (χ3v) is 6.08. The molecule has 6 heteroatoms. The molecule has 0 aliphatic rings. The molecule has 0 radical (unpaired) electrons. The molecule has 0 spiro atoms. The number of rotatable bonds is 5. The van der Waals surface area contributed by atoms with Gasteiger partial charge in [-0.05, 0) is 55.1 Å². The van der Waals surface area contributed by atoms with Crippen molar-refractivity contribution in [2.45, 2.75) is 18.4 Å². The van der Waals surface area contributed by atoms with Crippen molar-refractivity contribution in [3.05, 3.63) is 77.7 Å². The molecule has 0 saturated carbocycles. The molecule has 0 saturated heterocycles. The van der Waals surface area contributed by atoms with Crippen molar-refractivity contribution < 1.29 is 9.21 Å². The highest BCUT2D eigenvalue weighted by Gasteiger charge is 2.24. The van der Waals surface area contributed by atoms with E-state index < -0.39 is 0 Å². The van der Waals surface area contributed by atoms with Gasteiger partial charge in [0.2, 0.25) is 0 Å². The van der Waals surface area contributed by atoms with Crippen LogP contribution in [0.15, 0.2) is 70.2 Å². The number of aromatic nitrogens is 1. The van der Waals surface area contributed by atoms with Gasteiger partial charge in [-0.2, -0.15) is 0 Å². The number of nitrogens with zero attached hydrogens (tertiary/aromatic N) is 2. The van der Waals surface area contributed by atoms with Crippen molar-refractivity contribution in [2.24, 2.45) is 0 Å².